The van der Waals surface area contributed by atoms with E-state index >= 15 is 0 Å². The minimum absolute atomic E-state index is 0.164. The summed E-state index contributed by atoms with van der Waals surface area (Å²) in [5, 5.41) is 12.0. The zero-order valence-corrected chi connectivity index (χ0v) is 25.1. The van der Waals surface area contributed by atoms with Gasteiger partial charge in [-0.15, -0.1) is 6.58 Å². The molecular weight excluding hydrogens is 458 g/mol. The van der Waals surface area contributed by atoms with Crippen molar-refractivity contribution in [1.82, 2.24) is 4.90 Å². The highest BCUT2D eigenvalue weighted by Crippen LogP contribution is 2.31. The molecule has 212 valence electrons. The highest BCUT2D eigenvalue weighted by molar-refractivity contribution is 7.99. The van der Waals surface area contributed by atoms with E-state index in [1.807, 2.05) is 0 Å². The summed E-state index contributed by atoms with van der Waals surface area (Å²) in [6.45, 7) is 7.09. The van der Waals surface area contributed by atoms with Crippen LogP contribution >= 0.6 is 11.8 Å². The second kappa shape index (κ2) is 21.9. The van der Waals surface area contributed by atoms with Crippen LogP contribution < -0.4 is 0 Å². The summed E-state index contributed by atoms with van der Waals surface area (Å²) in [5.41, 5.74) is 0. The van der Waals surface area contributed by atoms with Crippen molar-refractivity contribution in [3.05, 3.63) is 12.7 Å². The molecule has 2 fully saturated rings. The number of hydrogen-bond acceptors (Lipinski definition) is 3. The molecule has 0 heterocycles. The number of thioether (sulfide) groups is 1. The fourth-order valence-corrected chi connectivity index (χ4v) is 7.89. The Labute approximate surface area is 230 Å². The average Bonchev–Trinajstić information content (AvgIpc) is 2.92. The molecule has 36 heavy (non-hydrogen) atoms. The first-order chi connectivity index (χ1) is 17.7. The number of unbranched alkanes of at least 4 members (excludes halogenated alkanes) is 10. The van der Waals surface area contributed by atoms with Gasteiger partial charge in [-0.05, 0) is 51.4 Å². The lowest BCUT2D eigenvalue weighted by molar-refractivity contribution is 0.0369. The zero-order chi connectivity index (χ0) is 25.7. The van der Waals surface area contributed by atoms with Gasteiger partial charge in [0.05, 0.1) is 6.10 Å². The molecule has 0 aromatic heterocycles. The van der Waals surface area contributed by atoms with E-state index in [0.717, 1.165) is 29.6 Å². The van der Waals surface area contributed by atoms with Crippen molar-refractivity contribution in [3.63, 3.8) is 0 Å². The van der Waals surface area contributed by atoms with Gasteiger partial charge in [-0.2, -0.15) is 11.8 Å². The van der Waals surface area contributed by atoms with Crippen molar-refractivity contribution in [2.75, 3.05) is 12.3 Å². The van der Waals surface area contributed by atoms with Gasteiger partial charge in [0, 0.05) is 29.6 Å². The maximum absolute atomic E-state index is 11.2. The molecule has 0 bridgehead atoms. The molecule has 2 saturated carbocycles. The first kappa shape index (κ1) is 32.2. The lowest BCUT2D eigenvalue weighted by Gasteiger charge is -2.42. The normalized spacial score (nSPS) is 19.5. The van der Waals surface area contributed by atoms with Gasteiger partial charge in [-0.3, -0.25) is 4.90 Å². The fourth-order valence-electron chi connectivity index (χ4n) is 6.62. The molecule has 1 N–H and O–H groups in total. The van der Waals surface area contributed by atoms with Crippen LogP contribution in [0.3, 0.4) is 0 Å². The first-order valence-electron chi connectivity index (χ1n) is 16.4. The lowest BCUT2D eigenvalue weighted by Crippen LogP contribution is -2.49. The number of hydrogen-bond donors (Lipinski definition) is 1. The summed E-state index contributed by atoms with van der Waals surface area (Å²) in [4.78, 5) is 2.80. The Morgan fingerprint density at radius 3 is 1.78 bits per heavy atom. The molecule has 3 heteroatoms. The van der Waals surface area contributed by atoms with E-state index in [0.29, 0.717) is 0 Å². The highest BCUT2D eigenvalue weighted by atomic mass is 32.2. The number of allylic oxidation sites excluding steroid dienone is 1. The molecule has 2 nitrogen and oxygen atoms in total. The quantitative estimate of drug-likeness (QED) is 0.113. The Morgan fingerprint density at radius 1 is 0.750 bits per heavy atom. The van der Waals surface area contributed by atoms with Gasteiger partial charge in [0.15, 0.2) is 0 Å². The molecule has 0 spiro atoms. The van der Waals surface area contributed by atoms with Gasteiger partial charge < -0.3 is 5.11 Å². The van der Waals surface area contributed by atoms with Crippen molar-refractivity contribution >= 4 is 11.8 Å². The summed E-state index contributed by atoms with van der Waals surface area (Å²) in [6, 6.07) is 1.47. The molecule has 2 aliphatic carbocycles. The Morgan fingerprint density at radius 2 is 1.25 bits per heavy atom. The second-order valence-electron chi connectivity index (χ2n) is 12.1. The summed E-state index contributed by atoms with van der Waals surface area (Å²) >= 11 is 2.11. The van der Waals surface area contributed by atoms with Gasteiger partial charge >= 0.3 is 0 Å². The van der Waals surface area contributed by atoms with E-state index in [1.54, 1.807) is 0 Å². The standard InChI is InChI=1S/C33H63NOS/c1-3-5-7-9-11-13-21-27-33(26-20-12-10-8-6-4-2)36-29-32(35)28-34(30-22-16-14-17-23-30)31-24-18-15-19-25-31/h4,30-33,35H,2-3,5-29H2,1H3. The number of nitrogens with zero attached hydrogens (tertiary/aromatic N) is 1. The van der Waals surface area contributed by atoms with Crippen molar-refractivity contribution in [2.24, 2.45) is 0 Å². The SMILES string of the molecule is C=CCCCCCCC(CCCCCCCCC)SCC(O)CN(C1CCCCC1)C1CCCCC1. The highest BCUT2D eigenvalue weighted by Gasteiger charge is 2.30. The van der Waals surface area contributed by atoms with Gasteiger partial charge in [0.1, 0.15) is 0 Å². The lowest BCUT2D eigenvalue weighted by atomic mass is 9.88. The smallest absolute Gasteiger partial charge is 0.0757 e. The summed E-state index contributed by atoms with van der Waals surface area (Å²) in [6.07, 6.45) is 34.8. The molecule has 2 rings (SSSR count). The average molecular weight is 522 g/mol. The van der Waals surface area contributed by atoms with Gasteiger partial charge in [0.2, 0.25) is 0 Å². The van der Waals surface area contributed by atoms with Crippen LogP contribution in [-0.4, -0.2) is 45.7 Å². The molecule has 0 radical (unpaired) electrons. The van der Waals surface area contributed by atoms with Crippen LogP contribution in [0.25, 0.3) is 0 Å². The van der Waals surface area contributed by atoms with Crippen LogP contribution in [0.5, 0.6) is 0 Å². The molecule has 2 aliphatic rings. The van der Waals surface area contributed by atoms with E-state index in [2.05, 4.69) is 36.2 Å². The molecule has 2 unspecified atom stereocenters. The molecule has 0 saturated heterocycles. The van der Waals surface area contributed by atoms with E-state index < -0.39 is 0 Å². The molecule has 0 aromatic rings. The maximum Gasteiger partial charge on any atom is 0.0757 e. The Hall–Kier alpha value is 0.01000. The van der Waals surface area contributed by atoms with Gasteiger partial charge in [-0.1, -0.05) is 116 Å². The second-order valence-corrected chi connectivity index (χ2v) is 13.4. The van der Waals surface area contributed by atoms with Crippen LogP contribution in [0.15, 0.2) is 12.7 Å². The van der Waals surface area contributed by atoms with Crippen molar-refractivity contribution < 1.29 is 5.11 Å². The Balaban J connectivity index is 1.77. The minimum Gasteiger partial charge on any atom is -0.391 e. The predicted octanol–water partition coefficient (Wildman–Crippen LogP) is 10.1. The molecule has 0 amide bonds. The molecule has 0 aromatic carbocycles. The summed E-state index contributed by atoms with van der Waals surface area (Å²) < 4.78 is 0. The third kappa shape index (κ3) is 14.8. The zero-order valence-electron chi connectivity index (χ0n) is 24.3. The maximum atomic E-state index is 11.2. The van der Waals surface area contributed by atoms with Crippen LogP contribution in [0, 0.1) is 0 Å². The van der Waals surface area contributed by atoms with E-state index in [1.165, 1.54) is 154 Å². The first-order valence-corrected chi connectivity index (χ1v) is 17.5. The number of rotatable bonds is 22. The van der Waals surface area contributed by atoms with Gasteiger partial charge in [-0.25, -0.2) is 0 Å². The monoisotopic (exact) mass is 521 g/mol. The Bertz CT molecular complexity index is 482. The van der Waals surface area contributed by atoms with E-state index in [4.69, 9.17) is 0 Å². The largest absolute Gasteiger partial charge is 0.391 e. The van der Waals surface area contributed by atoms with E-state index in [9.17, 15) is 5.11 Å². The van der Waals surface area contributed by atoms with Crippen LogP contribution in [0.2, 0.25) is 0 Å². The third-order valence-corrected chi connectivity index (χ3v) is 10.4. The third-order valence-electron chi connectivity index (χ3n) is 8.85. The van der Waals surface area contributed by atoms with E-state index in [-0.39, 0.29) is 6.10 Å². The number of aliphatic hydroxyl groups excluding tert-OH is 1. The molecule has 0 aliphatic heterocycles. The fraction of sp³-hybridized carbons (Fsp3) is 0.939. The minimum atomic E-state index is -0.164. The van der Waals surface area contributed by atoms with Crippen LogP contribution in [0.1, 0.15) is 161 Å². The van der Waals surface area contributed by atoms with Crippen LogP contribution in [0.4, 0.5) is 0 Å². The number of aliphatic hydroxyl groups is 1. The van der Waals surface area contributed by atoms with Gasteiger partial charge in [0.25, 0.3) is 0 Å². The Kier molecular flexibility index (Phi) is 19.6. The summed E-state index contributed by atoms with van der Waals surface area (Å²) in [7, 11) is 0. The topological polar surface area (TPSA) is 23.5 Å². The van der Waals surface area contributed by atoms with Crippen LogP contribution in [-0.2, 0) is 0 Å². The van der Waals surface area contributed by atoms with Crippen molar-refractivity contribution in [1.29, 1.82) is 0 Å². The molecule has 2 atom stereocenters. The molecular formula is C33H63NOS. The van der Waals surface area contributed by atoms with Crippen molar-refractivity contribution in [3.8, 4) is 0 Å². The predicted molar refractivity (Wildman–Crippen MR) is 163 cm³/mol. The van der Waals surface area contributed by atoms with Crippen molar-refractivity contribution in [2.45, 2.75) is 184 Å². The summed E-state index contributed by atoms with van der Waals surface area (Å²) in [5.74, 6) is 0.938.